The molecule has 5 nitrogen and oxygen atoms in total. The predicted octanol–water partition coefficient (Wildman–Crippen LogP) is 1.62. The molecule has 0 aromatic heterocycles. The summed E-state index contributed by atoms with van der Waals surface area (Å²) in [6.45, 7) is 3.70. The van der Waals surface area contributed by atoms with E-state index in [-0.39, 0.29) is 5.91 Å². The van der Waals surface area contributed by atoms with Crippen molar-refractivity contribution in [1.29, 1.82) is 5.26 Å². The molecule has 1 N–H and O–H groups in total. The maximum atomic E-state index is 12.8. The van der Waals surface area contributed by atoms with Gasteiger partial charge in [-0.05, 0) is 50.9 Å². The van der Waals surface area contributed by atoms with Gasteiger partial charge in [-0.3, -0.25) is 4.79 Å². The fraction of sp³-hybridized carbons (Fsp3) is 0.556. The first-order chi connectivity index (χ1) is 11.1. The number of carbonyl (C=O) groups is 1. The highest BCUT2D eigenvalue weighted by molar-refractivity contribution is 5.96. The highest BCUT2D eigenvalue weighted by Gasteiger charge is 2.37. The summed E-state index contributed by atoms with van der Waals surface area (Å²) in [7, 11) is 0. The van der Waals surface area contributed by atoms with Gasteiger partial charge in [0.1, 0.15) is 0 Å². The molecule has 0 aliphatic carbocycles. The minimum Gasteiger partial charge on any atom is -0.387 e. The third-order valence-corrected chi connectivity index (χ3v) is 4.84. The van der Waals surface area contributed by atoms with Gasteiger partial charge in [-0.25, -0.2) is 0 Å². The topological polar surface area (TPSA) is 67.6 Å². The number of amides is 1. The second-order valence-corrected chi connectivity index (χ2v) is 6.70. The normalized spacial score (nSPS) is 25.3. The second-order valence-electron chi connectivity index (χ2n) is 6.70. The molecule has 2 heterocycles. The zero-order chi connectivity index (χ0) is 16.3. The molecular weight excluding hydrogens is 290 g/mol. The smallest absolute Gasteiger partial charge is 0.255 e. The number of hydrogen-bond acceptors (Lipinski definition) is 4. The summed E-state index contributed by atoms with van der Waals surface area (Å²) in [4.78, 5) is 16.7. The van der Waals surface area contributed by atoms with Crippen LogP contribution in [0.3, 0.4) is 0 Å². The number of likely N-dealkylation sites (tertiary alicyclic amines) is 2. The lowest BCUT2D eigenvalue weighted by atomic mass is 9.91. The molecule has 1 atom stereocenters. The third kappa shape index (κ3) is 3.54. The lowest BCUT2D eigenvalue weighted by molar-refractivity contribution is -0.0431. The van der Waals surface area contributed by atoms with E-state index in [0.29, 0.717) is 30.8 Å². The van der Waals surface area contributed by atoms with Crippen LogP contribution in [-0.4, -0.2) is 59.1 Å². The number of aliphatic hydroxyl groups is 1. The molecule has 122 valence electrons. The van der Waals surface area contributed by atoms with Gasteiger partial charge in [-0.15, -0.1) is 0 Å². The van der Waals surface area contributed by atoms with Crippen molar-refractivity contribution in [3.8, 4) is 6.07 Å². The molecular formula is C18H23N3O2. The van der Waals surface area contributed by atoms with E-state index in [9.17, 15) is 15.2 Å². The maximum absolute atomic E-state index is 12.8. The van der Waals surface area contributed by atoms with Gasteiger partial charge in [0.15, 0.2) is 0 Å². The van der Waals surface area contributed by atoms with Gasteiger partial charge in [-0.1, -0.05) is 12.1 Å². The summed E-state index contributed by atoms with van der Waals surface area (Å²) in [6.07, 6.45) is 3.90. The zero-order valence-electron chi connectivity index (χ0n) is 13.4. The Hall–Kier alpha value is -1.90. The molecule has 0 bridgehead atoms. The standard InChI is InChI=1S/C18H23N3O2/c19-12-15-6-1-2-7-16(15)17(22)21-11-5-8-18(23,14-21)13-20-9-3-4-10-20/h1-2,6-7,23H,3-5,8-11,13-14H2/t18-/m1/s1. The molecule has 5 heteroatoms. The number of hydrogen-bond donors (Lipinski definition) is 1. The predicted molar refractivity (Wildman–Crippen MR) is 86.9 cm³/mol. The summed E-state index contributed by atoms with van der Waals surface area (Å²) in [5, 5.41) is 20.1. The molecule has 1 aromatic rings. The van der Waals surface area contributed by atoms with Gasteiger partial charge in [0.25, 0.3) is 5.91 Å². The van der Waals surface area contributed by atoms with Crippen LogP contribution >= 0.6 is 0 Å². The highest BCUT2D eigenvalue weighted by Crippen LogP contribution is 2.25. The molecule has 0 saturated carbocycles. The Balaban J connectivity index is 1.72. The maximum Gasteiger partial charge on any atom is 0.255 e. The average molecular weight is 313 g/mol. The lowest BCUT2D eigenvalue weighted by Gasteiger charge is -2.41. The van der Waals surface area contributed by atoms with Gasteiger partial charge >= 0.3 is 0 Å². The quantitative estimate of drug-likeness (QED) is 0.921. The van der Waals surface area contributed by atoms with Crippen LogP contribution in [0.25, 0.3) is 0 Å². The number of carbonyl (C=O) groups excluding carboxylic acids is 1. The van der Waals surface area contributed by atoms with E-state index >= 15 is 0 Å². The number of β-amino-alcohol motifs (C(OH)–C–C–N with tert-alkyl or cyclic N) is 1. The van der Waals surface area contributed by atoms with Crippen LogP contribution in [-0.2, 0) is 0 Å². The van der Waals surface area contributed by atoms with Crippen LogP contribution in [0.1, 0.15) is 41.6 Å². The van der Waals surface area contributed by atoms with Crippen LogP contribution in [0.4, 0.5) is 0 Å². The minimum absolute atomic E-state index is 0.151. The van der Waals surface area contributed by atoms with E-state index < -0.39 is 5.60 Å². The van der Waals surface area contributed by atoms with Crippen LogP contribution in [0.2, 0.25) is 0 Å². The van der Waals surface area contributed by atoms with E-state index in [0.717, 1.165) is 25.9 Å². The Morgan fingerprint density at radius 2 is 1.96 bits per heavy atom. The first-order valence-corrected chi connectivity index (χ1v) is 8.34. The van der Waals surface area contributed by atoms with Crippen LogP contribution < -0.4 is 0 Å². The second kappa shape index (κ2) is 6.69. The third-order valence-electron chi connectivity index (χ3n) is 4.84. The van der Waals surface area contributed by atoms with E-state index in [2.05, 4.69) is 11.0 Å². The molecule has 3 rings (SSSR count). The van der Waals surface area contributed by atoms with Gasteiger partial charge < -0.3 is 14.9 Å². The van der Waals surface area contributed by atoms with Crippen molar-refractivity contribution in [2.75, 3.05) is 32.7 Å². The first kappa shape index (κ1) is 16.0. The largest absolute Gasteiger partial charge is 0.387 e. The van der Waals surface area contributed by atoms with Crippen molar-refractivity contribution < 1.29 is 9.90 Å². The molecule has 2 aliphatic heterocycles. The van der Waals surface area contributed by atoms with Crippen molar-refractivity contribution in [2.24, 2.45) is 0 Å². The number of nitriles is 1. The van der Waals surface area contributed by atoms with Crippen molar-refractivity contribution >= 4 is 5.91 Å². The molecule has 0 spiro atoms. The molecule has 1 amide bonds. The van der Waals surface area contributed by atoms with Crippen molar-refractivity contribution in [3.05, 3.63) is 35.4 Å². The van der Waals surface area contributed by atoms with E-state index in [1.807, 2.05) is 0 Å². The number of benzene rings is 1. The number of rotatable bonds is 3. The van der Waals surface area contributed by atoms with Gasteiger partial charge in [0, 0.05) is 13.1 Å². The average Bonchev–Trinajstić information content (AvgIpc) is 3.06. The van der Waals surface area contributed by atoms with Crippen molar-refractivity contribution in [2.45, 2.75) is 31.3 Å². The molecule has 1 aromatic carbocycles. The van der Waals surface area contributed by atoms with Crippen LogP contribution in [0.5, 0.6) is 0 Å². The fourth-order valence-electron chi connectivity index (χ4n) is 3.71. The molecule has 2 saturated heterocycles. The Kier molecular flexibility index (Phi) is 4.65. The van der Waals surface area contributed by atoms with Gasteiger partial charge in [-0.2, -0.15) is 5.26 Å². The molecule has 0 unspecified atom stereocenters. The Bertz CT molecular complexity index is 619. The lowest BCUT2D eigenvalue weighted by Crippen LogP contribution is -2.55. The Labute approximate surface area is 137 Å². The molecule has 2 aliphatic rings. The monoisotopic (exact) mass is 313 g/mol. The summed E-state index contributed by atoms with van der Waals surface area (Å²) in [5.41, 5.74) is -0.00796. The zero-order valence-corrected chi connectivity index (χ0v) is 13.4. The Morgan fingerprint density at radius 3 is 2.70 bits per heavy atom. The van der Waals surface area contributed by atoms with Gasteiger partial charge in [0.2, 0.25) is 0 Å². The van der Waals surface area contributed by atoms with E-state index in [1.54, 1.807) is 29.2 Å². The first-order valence-electron chi connectivity index (χ1n) is 8.34. The minimum atomic E-state index is -0.833. The molecule has 0 radical (unpaired) electrons. The van der Waals surface area contributed by atoms with Crippen LogP contribution in [0.15, 0.2) is 24.3 Å². The molecule has 2 fully saturated rings. The number of nitrogens with zero attached hydrogens (tertiary/aromatic N) is 3. The summed E-state index contributed by atoms with van der Waals surface area (Å²) < 4.78 is 0. The van der Waals surface area contributed by atoms with Crippen molar-refractivity contribution in [1.82, 2.24) is 9.80 Å². The summed E-state index contributed by atoms with van der Waals surface area (Å²) in [5.74, 6) is -0.151. The summed E-state index contributed by atoms with van der Waals surface area (Å²) in [6, 6.07) is 8.96. The fourth-order valence-corrected chi connectivity index (χ4v) is 3.71. The molecule has 23 heavy (non-hydrogen) atoms. The summed E-state index contributed by atoms with van der Waals surface area (Å²) >= 11 is 0. The van der Waals surface area contributed by atoms with E-state index in [1.165, 1.54) is 12.8 Å². The highest BCUT2D eigenvalue weighted by atomic mass is 16.3. The SMILES string of the molecule is N#Cc1ccccc1C(=O)N1CCC[C@@](O)(CN2CCCC2)C1. The Morgan fingerprint density at radius 1 is 1.22 bits per heavy atom. The van der Waals surface area contributed by atoms with E-state index in [4.69, 9.17) is 0 Å². The van der Waals surface area contributed by atoms with Crippen LogP contribution in [0, 0.1) is 11.3 Å². The number of piperidine rings is 1. The van der Waals surface area contributed by atoms with Gasteiger partial charge in [0.05, 0.1) is 29.3 Å². The van der Waals surface area contributed by atoms with Crippen molar-refractivity contribution in [3.63, 3.8) is 0 Å².